The van der Waals surface area contributed by atoms with Crippen molar-refractivity contribution in [1.82, 2.24) is 0 Å². The molecular weight excluding hydrogens is 264 g/mol. The number of ether oxygens (including phenoxy) is 2. The summed E-state index contributed by atoms with van der Waals surface area (Å²) in [5.74, 6) is -2.07. The van der Waals surface area contributed by atoms with Crippen LogP contribution in [-0.2, 0) is 19.1 Å². The highest BCUT2D eigenvalue weighted by molar-refractivity contribution is 6.41. The SMILES string of the molecule is CC(C)OC(=O)C(=[N+]=[N-])/C(N)=C(\C#N)C(=O)OC(C)C. The second-order valence-corrected chi connectivity index (χ2v) is 4.26. The van der Waals surface area contributed by atoms with Crippen LogP contribution >= 0.6 is 0 Å². The largest absolute Gasteiger partial charge is 0.459 e. The first-order valence-corrected chi connectivity index (χ1v) is 5.78. The minimum atomic E-state index is -1.05. The van der Waals surface area contributed by atoms with Gasteiger partial charge in [-0.2, -0.15) is 10.1 Å². The summed E-state index contributed by atoms with van der Waals surface area (Å²) in [6.07, 6.45) is -0.962. The van der Waals surface area contributed by atoms with Crippen LogP contribution in [0, 0.1) is 11.3 Å². The molecule has 0 aromatic heterocycles. The van der Waals surface area contributed by atoms with Gasteiger partial charge in [0.1, 0.15) is 6.07 Å². The second-order valence-electron chi connectivity index (χ2n) is 4.26. The molecule has 2 N–H and O–H groups in total. The normalized spacial score (nSPS) is 11.2. The van der Waals surface area contributed by atoms with Gasteiger partial charge in [-0.1, -0.05) is 0 Å². The molecule has 0 aliphatic heterocycles. The summed E-state index contributed by atoms with van der Waals surface area (Å²) in [4.78, 5) is 25.9. The molecule has 0 amide bonds. The number of esters is 2. The van der Waals surface area contributed by atoms with Gasteiger partial charge in [-0.15, -0.1) is 0 Å². The molecule has 0 radical (unpaired) electrons. The number of hydrogen-bond donors (Lipinski definition) is 1. The van der Waals surface area contributed by atoms with E-state index in [0.717, 1.165) is 0 Å². The Morgan fingerprint density at radius 2 is 1.60 bits per heavy atom. The van der Waals surface area contributed by atoms with Crippen LogP contribution in [0.5, 0.6) is 0 Å². The van der Waals surface area contributed by atoms with Gasteiger partial charge in [0.25, 0.3) is 0 Å². The lowest BCUT2D eigenvalue weighted by atomic mass is 10.1. The van der Waals surface area contributed by atoms with Crippen LogP contribution in [0.25, 0.3) is 5.53 Å². The van der Waals surface area contributed by atoms with Gasteiger partial charge in [-0.25, -0.2) is 9.59 Å². The minimum absolute atomic E-state index is 0.476. The van der Waals surface area contributed by atoms with Crippen molar-refractivity contribution in [3.05, 3.63) is 16.8 Å². The molecule has 108 valence electrons. The van der Waals surface area contributed by atoms with Gasteiger partial charge >= 0.3 is 17.7 Å². The monoisotopic (exact) mass is 280 g/mol. The molecule has 0 aliphatic carbocycles. The average Bonchev–Trinajstić information content (AvgIpc) is 2.28. The van der Waals surface area contributed by atoms with Gasteiger partial charge in [0, 0.05) is 0 Å². The van der Waals surface area contributed by atoms with E-state index in [9.17, 15) is 9.59 Å². The van der Waals surface area contributed by atoms with Crippen LogP contribution in [0.2, 0.25) is 0 Å². The number of rotatable bonds is 5. The number of carbonyl (C=O) groups is 2. The zero-order valence-electron chi connectivity index (χ0n) is 11.7. The summed E-state index contributed by atoms with van der Waals surface area (Å²) in [6, 6.07) is 1.51. The van der Waals surface area contributed by atoms with Crippen LogP contribution in [0.1, 0.15) is 27.7 Å². The van der Waals surface area contributed by atoms with Crippen molar-refractivity contribution < 1.29 is 23.9 Å². The van der Waals surface area contributed by atoms with Crippen molar-refractivity contribution in [3.8, 4) is 6.07 Å². The summed E-state index contributed by atoms with van der Waals surface area (Å²) >= 11 is 0. The molecule has 8 heteroatoms. The Morgan fingerprint density at radius 3 is 1.95 bits per heavy atom. The second kappa shape index (κ2) is 7.71. The van der Waals surface area contributed by atoms with Crippen molar-refractivity contribution in [2.75, 3.05) is 0 Å². The first-order valence-electron chi connectivity index (χ1n) is 5.78. The van der Waals surface area contributed by atoms with Gasteiger partial charge < -0.3 is 20.7 Å². The summed E-state index contributed by atoms with van der Waals surface area (Å²) in [7, 11) is 0. The van der Waals surface area contributed by atoms with Crippen molar-refractivity contribution in [2.45, 2.75) is 39.9 Å². The highest BCUT2D eigenvalue weighted by Gasteiger charge is 2.32. The molecule has 0 unspecified atom stereocenters. The van der Waals surface area contributed by atoms with Crippen LogP contribution in [0.3, 0.4) is 0 Å². The third-order valence-electron chi connectivity index (χ3n) is 1.82. The van der Waals surface area contributed by atoms with Crippen molar-refractivity contribution >= 4 is 17.7 Å². The zero-order valence-corrected chi connectivity index (χ0v) is 11.7. The summed E-state index contributed by atoms with van der Waals surface area (Å²) in [5.41, 5.74) is 12.3. The fourth-order valence-electron chi connectivity index (χ4n) is 1.08. The molecule has 0 spiro atoms. The first kappa shape index (κ1) is 17.4. The predicted molar refractivity (Wildman–Crippen MR) is 67.9 cm³/mol. The fraction of sp³-hybridized carbons (Fsp3) is 0.500. The van der Waals surface area contributed by atoms with E-state index in [2.05, 4.69) is 4.79 Å². The predicted octanol–water partition coefficient (Wildman–Crippen LogP) is 0.297. The van der Waals surface area contributed by atoms with E-state index < -0.39 is 41.1 Å². The Labute approximate surface area is 116 Å². The Balaban J connectivity index is 5.52. The molecule has 0 bridgehead atoms. The van der Waals surface area contributed by atoms with E-state index in [4.69, 9.17) is 26.0 Å². The minimum Gasteiger partial charge on any atom is -0.459 e. The molecular formula is C12H16N4O4. The van der Waals surface area contributed by atoms with Gasteiger partial charge in [0.2, 0.25) is 0 Å². The topological polar surface area (TPSA) is 139 Å². The first-order chi connectivity index (χ1) is 9.24. The molecule has 20 heavy (non-hydrogen) atoms. The third kappa shape index (κ3) is 4.92. The molecule has 0 saturated heterocycles. The van der Waals surface area contributed by atoms with E-state index in [0.29, 0.717) is 0 Å². The molecule has 0 fully saturated rings. The fourth-order valence-corrected chi connectivity index (χ4v) is 1.08. The average molecular weight is 280 g/mol. The maximum absolute atomic E-state index is 11.6. The Morgan fingerprint density at radius 1 is 1.15 bits per heavy atom. The highest BCUT2D eigenvalue weighted by Crippen LogP contribution is 2.06. The molecule has 0 aromatic carbocycles. The lowest BCUT2D eigenvalue weighted by Crippen LogP contribution is -2.30. The van der Waals surface area contributed by atoms with E-state index >= 15 is 0 Å². The number of nitrogens with zero attached hydrogens (tertiary/aromatic N) is 3. The standard InChI is InChI=1S/C12H16N4O4/c1-6(2)19-11(17)8(5-13)9(14)10(16-15)12(18)20-7(3)4/h6-7H,14H2,1-4H3/b9-8-. The molecule has 0 rings (SSSR count). The van der Waals surface area contributed by atoms with Gasteiger partial charge in [0.15, 0.2) is 11.3 Å². The van der Waals surface area contributed by atoms with Crippen LogP contribution in [0.4, 0.5) is 0 Å². The Hall–Kier alpha value is -2.65. The summed E-state index contributed by atoms with van der Waals surface area (Å²) < 4.78 is 9.57. The van der Waals surface area contributed by atoms with E-state index in [1.54, 1.807) is 27.7 Å². The van der Waals surface area contributed by atoms with Crippen LogP contribution in [0.15, 0.2) is 11.3 Å². The maximum Gasteiger partial charge on any atom is 0.424 e. The molecule has 0 heterocycles. The summed E-state index contributed by atoms with van der Waals surface area (Å²) in [6.45, 7) is 6.31. The van der Waals surface area contributed by atoms with Crippen molar-refractivity contribution in [1.29, 1.82) is 5.26 Å². The Bertz CT molecular complexity index is 522. The van der Waals surface area contributed by atoms with Gasteiger partial charge in [-0.05, 0) is 27.7 Å². The third-order valence-corrected chi connectivity index (χ3v) is 1.82. The smallest absolute Gasteiger partial charge is 0.424 e. The Kier molecular flexibility index (Phi) is 6.69. The quantitative estimate of drug-likeness (QED) is 0.192. The van der Waals surface area contributed by atoms with E-state index in [1.165, 1.54) is 6.07 Å². The summed E-state index contributed by atoms with van der Waals surface area (Å²) in [5, 5.41) is 8.91. The van der Waals surface area contributed by atoms with Crippen molar-refractivity contribution in [3.63, 3.8) is 0 Å². The van der Waals surface area contributed by atoms with Gasteiger partial charge in [0.05, 0.1) is 12.2 Å². The lowest BCUT2D eigenvalue weighted by Gasteiger charge is -2.08. The highest BCUT2D eigenvalue weighted by atomic mass is 16.5. The molecule has 0 aliphatic rings. The lowest BCUT2D eigenvalue weighted by molar-refractivity contribution is -0.143. The molecule has 8 nitrogen and oxygen atoms in total. The van der Waals surface area contributed by atoms with Crippen LogP contribution < -0.4 is 5.73 Å². The number of carbonyl (C=O) groups excluding carboxylic acids is 2. The number of nitrogens with two attached hydrogens (primary N) is 1. The van der Waals surface area contributed by atoms with Gasteiger partial charge in [-0.3, -0.25) is 0 Å². The molecule has 0 saturated carbocycles. The zero-order chi connectivity index (χ0) is 15.9. The molecule has 0 aromatic rings. The van der Waals surface area contributed by atoms with E-state index in [-0.39, 0.29) is 0 Å². The maximum atomic E-state index is 11.6. The molecule has 0 atom stereocenters. The van der Waals surface area contributed by atoms with E-state index in [1.807, 2.05) is 0 Å². The van der Waals surface area contributed by atoms with Crippen molar-refractivity contribution in [2.24, 2.45) is 5.73 Å². The van der Waals surface area contributed by atoms with Crippen LogP contribution in [-0.4, -0.2) is 34.6 Å². The number of hydrogen-bond acceptors (Lipinski definition) is 6. The number of nitriles is 1.